The Morgan fingerprint density at radius 2 is 1.90 bits per heavy atom. The zero-order valence-electron chi connectivity index (χ0n) is 11.5. The summed E-state index contributed by atoms with van der Waals surface area (Å²) in [5.41, 5.74) is 6.13. The zero-order chi connectivity index (χ0) is 14.0. The van der Waals surface area contributed by atoms with E-state index in [0.717, 1.165) is 36.6 Å². The van der Waals surface area contributed by atoms with Crippen LogP contribution in [-0.2, 0) is 0 Å². The van der Waals surface area contributed by atoms with Crippen LogP contribution in [-0.4, -0.2) is 27.2 Å². The lowest BCUT2D eigenvalue weighted by molar-refractivity contribution is 0.0166. The predicted molar refractivity (Wildman–Crippen MR) is 80.5 cm³/mol. The fourth-order valence-corrected chi connectivity index (χ4v) is 2.81. The second-order valence-corrected chi connectivity index (χ2v) is 5.59. The molecule has 0 atom stereocenters. The van der Waals surface area contributed by atoms with Crippen molar-refractivity contribution in [2.45, 2.75) is 37.7 Å². The molecule has 1 fully saturated rings. The molecule has 1 heterocycles. The third kappa shape index (κ3) is 2.67. The average Bonchev–Trinajstić information content (AvgIpc) is 2.46. The molecule has 0 radical (unpaired) electrons. The number of hydrogen-bond donors (Lipinski definition) is 3. The maximum absolute atomic E-state index is 10.5. The van der Waals surface area contributed by atoms with Gasteiger partial charge < -0.3 is 16.2 Å². The van der Waals surface area contributed by atoms with Crippen molar-refractivity contribution in [1.29, 1.82) is 0 Å². The smallest absolute Gasteiger partial charge is 0.225 e. The monoisotopic (exact) mass is 272 g/mol. The van der Waals surface area contributed by atoms with Gasteiger partial charge in [0.15, 0.2) is 0 Å². The maximum atomic E-state index is 10.5. The largest absolute Gasteiger partial charge is 0.388 e. The first-order chi connectivity index (χ1) is 9.66. The molecular formula is C15H20N4O. The number of aromatic nitrogens is 2. The van der Waals surface area contributed by atoms with Crippen molar-refractivity contribution in [2.75, 3.05) is 17.6 Å². The molecular weight excluding hydrogens is 252 g/mol. The molecule has 0 aliphatic heterocycles. The first-order valence-electron chi connectivity index (χ1n) is 7.15. The van der Waals surface area contributed by atoms with Gasteiger partial charge in [-0.25, -0.2) is 4.98 Å². The summed E-state index contributed by atoms with van der Waals surface area (Å²) in [7, 11) is 0. The number of anilines is 2. The van der Waals surface area contributed by atoms with Crippen molar-refractivity contribution in [3.05, 3.63) is 24.3 Å². The van der Waals surface area contributed by atoms with Gasteiger partial charge in [-0.3, -0.25) is 0 Å². The van der Waals surface area contributed by atoms with E-state index in [2.05, 4.69) is 15.3 Å². The second-order valence-electron chi connectivity index (χ2n) is 5.59. The molecule has 0 unspecified atom stereocenters. The molecule has 1 aromatic carbocycles. The number of nitrogen functional groups attached to an aromatic ring is 1. The number of nitrogens with zero attached hydrogens (tertiary/aromatic N) is 2. The summed E-state index contributed by atoms with van der Waals surface area (Å²) >= 11 is 0. The molecule has 3 rings (SSSR count). The minimum Gasteiger partial charge on any atom is -0.388 e. The van der Waals surface area contributed by atoms with Crippen LogP contribution in [0.1, 0.15) is 32.1 Å². The fraction of sp³-hybridized carbons (Fsp3) is 0.467. The van der Waals surface area contributed by atoms with Gasteiger partial charge in [-0.05, 0) is 25.0 Å². The van der Waals surface area contributed by atoms with Crippen molar-refractivity contribution in [3.63, 3.8) is 0 Å². The molecule has 1 aliphatic rings. The van der Waals surface area contributed by atoms with Crippen molar-refractivity contribution >= 4 is 22.7 Å². The van der Waals surface area contributed by atoms with Crippen LogP contribution in [0.25, 0.3) is 10.9 Å². The van der Waals surface area contributed by atoms with Crippen molar-refractivity contribution in [2.24, 2.45) is 0 Å². The Balaban J connectivity index is 1.77. The molecule has 5 heteroatoms. The normalized spacial score (nSPS) is 18.1. The number of rotatable bonds is 3. The Labute approximate surface area is 118 Å². The lowest BCUT2D eigenvalue weighted by Crippen LogP contribution is -2.39. The number of benzene rings is 1. The number of para-hydroxylation sites is 1. The maximum Gasteiger partial charge on any atom is 0.225 e. The van der Waals surface area contributed by atoms with Gasteiger partial charge in [0.25, 0.3) is 0 Å². The van der Waals surface area contributed by atoms with Crippen molar-refractivity contribution < 1.29 is 5.11 Å². The standard InChI is InChI=1S/C15H20N4O/c16-13-11-6-2-3-7-12(11)18-14(19-13)17-10-15(20)8-4-1-5-9-15/h2-3,6-7,20H,1,4-5,8-10H2,(H3,16,17,18,19). The van der Waals surface area contributed by atoms with E-state index >= 15 is 0 Å². The Morgan fingerprint density at radius 3 is 2.70 bits per heavy atom. The summed E-state index contributed by atoms with van der Waals surface area (Å²) in [6.45, 7) is 0.477. The molecule has 1 aliphatic carbocycles. The SMILES string of the molecule is Nc1nc(NCC2(O)CCCCC2)nc2ccccc12. The van der Waals surface area contributed by atoms with Gasteiger partial charge in [0.05, 0.1) is 11.1 Å². The van der Waals surface area contributed by atoms with E-state index in [4.69, 9.17) is 5.73 Å². The van der Waals surface area contributed by atoms with Crippen LogP contribution >= 0.6 is 0 Å². The highest BCUT2D eigenvalue weighted by atomic mass is 16.3. The van der Waals surface area contributed by atoms with Crippen LogP contribution in [0.2, 0.25) is 0 Å². The summed E-state index contributed by atoms with van der Waals surface area (Å²) in [5, 5.41) is 14.5. The predicted octanol–water partition coefficient (Wildman–Crippen LogP) is 2.32. The van der Waals surface area contributed by atoms with E-state index in [1.165, 1.54) is 6.42 Å². The highest BCUT2D eigenvalue weighted by Crippen LogP contribution is 2.28. The van der Waals surface area contributed by atoms with Crippen LogP contribution < -0.4 is 11.1 Å². The summed E-state index contributed by atoms with van der Waals surface area (Å²) < 4.78 is 0. The van der Waals surface area contributed by atoms with Crippen molar-refractivity contribution in [3.8, 4) is 0 Å². The van der Waals surface area contributed by atoms with Gasteiger partial charge in [0.2, 0.25) is 5.95 Å². The Bertz CT molecular complexity index is 608. The Morgan fingerprint density at radius 1 is 1.15 bits per heavy atom. The molecule has 20 heavy (non-hydrogen) atoms. The second kappa shape index (κ2) is 5.25. The molecule has 0 saturated heterocycles. The molecule has 0 amide bonds. The van der Waals surface area contributed by atoms with Crippen LogP contribution in [0.3, 0.4) is 0 Å². The zero-order valence-corrected chi connectivity index (χ0v) is 11.5. The quantitative estimate of drug-likeness (QED) is 0.798. The minimum atomic E-state index is -0.637. The number of aliphatic hydroxyl groups is 1. The van der Waals surface area contributed by atoms with Crippen molar-refractivity contribution in [1.82, 2.24) is 9.97 Å². The lowest BCUT2D eigenvalue weighted by atomic mass is 9.85. The number of nitrogens with two attached hydrogens (primary N) is 1. The Hall–Kier alpha value is -1.88. The first-order valence-corrected chi connectivity index (χ1v) is 7.15. The molecule has 4 N–H and O–H groups in total. The van der Waals surface area contributed by atoms with Gasteiger partial charge in [0, 0.05) is 11.9 Å². The van der Waals surface area contributed by atoms with Gasteiger partial charge in [0.1, 0.15) is 5.82 Å². The molecule has 1 aromatic heterocycles. The lowest BCUT2D eigenvalue weighted by Gasteiger charge is -2.32. The highest BCUT2D eigenvalue weighted by Gasteiger charge is 2.29. The molecule has 5 nitrogen and oxygen atoms in total. The van der Waals surface area contributed by atoms with E-state index in [9.17, 15) is 5.11 Å². The summed E-state index contributed by atoms with van der Waals surface area (Å²) in [6, 6.07) is 7.66. The molecule has 0 bridgehead atoms. The summed E-state index contributed by atoms with van der Waals surface area (Å²) in [5.74, 6) is 0.953. The molecule has 0 spiro atoms. The third-order valence-electron chi connectivity index (χ3n) is 3.99. The number of fused-ring (bicyclic) bond motifs is 1. The fourth-order valence-electron chi connectivity index (χ4n) is 2.81. The van der Waals surface area contributed by atoms with Gasteiger partial charge in [-0.2, -0.15) is 4.98 Å². The molecule has 1 saturated carbocycles. The van der Waals surface area contributed by atoms with Gasteiger partial charge in [-0.15, -0.1) is 0 Å². The third-order valence-corrected chi connectivity index (χ3v) is 3.99. The average molecular weight is 272 g/mol. The van der Waals surface area contributed by atoms with E-state index in [1.54, 1.807) is 0 Å². The van der Waals surface area contributed by atoms with Crippen LogP contribution in [0.15, 0.2) is 24.3 Å². The van der Waals surface area contributed by atoms with Crippen LogP contribution in [0.4, 0.5) is 11.8 Å². The van der Waals surface area contributed by atoms with Gasteiger partial charge in [-0.1, -0.05) is 31.4 Å². The van der Waals surface area contributed by atoms with E-state index in [1.807, 2.05) is 24.3 Å². The van der Waals surface area contributed by atoms with Crippen LogP contribution in [0.5, 0.6) is 0 Å². The van der Waals surface area contributed by atoms with E-state index in [0.29, 0.717) is 18.3 Å². The number of hydrogen-bond acceptors (Lipinski definition) is 5. The van der Waals surface area contributed by atoms with Crippen LogP contribution in [0, 0.1) is 0 Å². The van der Waals surface area contributed by atoms with E-state index < -0.39 is 5.60 Å². The number of nitrogens with one attached hydrogen (secondary N) is 1. The first kappa shape index (κ1) is 13.1. The molecule has 106 valence electrons. The minimum absolute atomic E-state index is 0.466. The molecule has 2 aromatic rings. The van der Waals surface area contributed by atoms with Gasteiger partial charge >= 0.3 is 0 Å². The summed E-state index contributed by atoms with van der Waals surface area (Å²) in [4.78, 5) is 8.70. The summed E-state index contributed by atoms with van der Waals surface area (Å²) in [6.07, 6.45) is 5.05. The topological polar surface area (TPSA) is 84.1 Å². The Kier molecular flexibility index (Phi) is 3.44. The highest BCUT2D eigenvalue weighted by molar-refractivity contribution is 5.88. The van der Waals surface area contributed by atoms with E-state index in [-0.39, 0.29) is 0 Å².